The molecule has 1 atom stereocenters. The third-order valence-corrected chi connectivity index (χ3v) is 4.88. The second-order valence-corrected chi connectivity index (χ2v) is 6.23. The predicted octanol–water partition coefficient (Wildman–Crippen LogP) is 0.477. The van der Waals surface area contributed by atoms with E-state index in [0.29, 0.717) is 17.5 Å². The van der Waals surface area contributed by atoms with Gasteiger partial charge >= 0.3 is 6.18 Å². The highest BCUT2D eigenvalue weighted by atomic mass is 32.2. The van der Waals surface area contributed by atoms with E-state index in [-0.39, 0.29) is 6.04 Å². The average Bonchev–Trinajstić information content (AvgIpc) is 3.01. The SMILES string of the molecule is O=C(C1CC(O)(C(F)(F)F)C1)N1CSCC1c1nn[nH]n1. The Morgan fingerprint density at radius 1 is 1.48 bits per heavy atom. The molecule has 116 valence electrons. The summed E-state index contributed by atoms with van der Waals surface area (Å²) in [5.74, 6) is 0.0766. The van der Waals surface area contributed by atoms with Crippen LogP contribution in [-0.2, 0) is 4.79 Å². The number of hydrogen-bond acceptors (Lipinski definition) is 6. The molecule has 11 heteroatoms. The lowest BCUT2D eigenvalue weighted by Gasteiger charge is -2.44. The second kappa shape index (κ2) is 4.83. The molecular weight excluding hydrogens is 311 g/mol. The first kappa shape index (κ1) is 14.6. The smallest absolute Gasteiger partial charge is 0.380 e. The van der Waals surface area contributed by atoms with Crippen molar-refractivity contribution in [3.8, 4) is 0 Å². The van der Waals surface area contributed by atoms with Crippen LogP contribution in [0.1, 0.15) is 24.7 Å². The van der Waals surface area contributed by atoms with Crippen LogP contribution < -0.4 is 0 Å². The Bertz CT molecular complexity index is 531. The van der Waals surface area contributed by atoms with E-state index in [1.807, 2.05) is 0 Å². The number of carbonyl (C=O) groups excluding carboxylic acids is 1. The van der Waals surface area contributed by atoms with Crippen molar-refractivity contribution in [2.45, 2.75) is 30.7 Å². The van der Waals surface area contributed by atoms with Crippen molar-refractivity contribution in [1.29, 1.82) is 0 Å². The summed E-state index contributed by atoms with van der Waals surface area (Å²) in [7, 11) is 0. The molecule has 0 radical (unpaired) electrons. The van der Waals surface area contributed by atoms with Gasteiger partial charge in [-0.2, -0.15) is 18.4 Å². The van der Waals surface area contributed by atoms with Gasteiger partial charge in [0.05, 0.1) is 5.88 Å². The number of tetrazole rings is 1. The second-order valence-electron chi connectivity index (χ2n) is 5.23. The number of rotatable bonds is 2. The van der Waals surface area contributed by atoms with Crippen LogP contribution in [0.25, 0.3) is 0 Å². The lowest BCUT2D eigenvalue weighted by Crippen LogP contribution is -2.58. The Labute approximate surface area is 121 Å². The van der Waals surface area contributed by atoms with Gasteiger partial charge < -0.3 is 10.0 Å². The lowest BCUT2D eigenvalue weighted by molar-refractivity contribution is -0.296. The molecule has 1 saturated heterocycles. The summed E-state index contributed by atoms with van der Waals surface area (Å²) in [6, 6.07) is -0.388. The first-order chi connectivity index (χ1) is 9.82. The number of nitrogens with one attached hydrogen (secondary N) is 1. The minimum Gasteiger partial charge on any atom is -0.380 e. The molecule has 1 saturated carbocycles. The Morgan fingerprint density at radius 3 is 2.76 bits per heavy atom. The number of aliphatic hydroxyl groups is 1. The van der Waals surface area contributed by atoms with E-state index in [1.54, 1.807) is 0 Å². The zero-order valence-corrected chi connectivity index (χ0v) is 11.5. The van der Waals surface area contributed by atoms with Gasteiger partial charge in [-0.05, 0) is 12.8 Å². The fourth-order valence-electron chi connectivity index (χ4n) is 2.58. The van der Waals surface area contributed by atoms with Crippen molar-refractivity contribution in [2.24, 2.45) is 5.92 Å². The van der Waals surface area contributed by atoms with Gasteiger partial charge in [-0.25, -0.2) is 0 Å². The number of aromatic nitrogens is 4. The molecule has 0 aromatic carbocycles. The van der Waals surface area contributed by atoms with Crippen LogP contribution in [0.15, 0.2) is 0 Å². The van der Waals surface area contributed by atoms with Gasteiger partial charge in [0.25, 0.3) is 0 Å². The van der Waals surface area contributed by atoms with E-state index >= 15 is 0 Å². The van der Waals surface area contributed by atoms with Gasteiger partial charge in [-0.1, -0.05) is 5.21 Å². The van der Waals surface area contributed by atoms with Crippen molar-refractivity contribution in [2.75, 3.05) is 11.6 Å². The highest BCUT2D eigenvalue weighted by Gasteiger charge is 2.63. The van der Waals surface area contributed by atoms with Crippen molar-refractivity contribution >= 4 is 17.7 Å². The standard InChI is InChI=1S/C10H12F3N5O2S/c11-10(12,13)9(20)1-5(2-9)8(19)18-4-21-3-6(18)7-14-16-17-15-7/h5-6,20H,1-4H2,(H,14,15,16,17). The highest BCUT2D eigenvalue weighted by molar-refractivity contribution is 7.99. The monoisotopic (exact) mass is 323 g/mol. The van der Waals surface area contributed by atoms with Gasteiger partial charge in [-0.3, -0.25) is 4.79 Å². The Hall–Kier alpha value is -1.36. The molecule has 2 fully saturated rings. The molecule has 1 amide bonds. The van der Waals surface area contributed by atoms with Gasteiger partial charge in [0.2, 0.25) is 5.91 Å². The largest absolute Gasteiger partial charge is 0.417 e. The Balaban J connectivity index is 1.67. The number of H-pyrrole nitrogens is 1. The van der Waals surface area contributed by atoms with E-state index in [0.717, 1.165) is 0 Å². The maximum Gasteiger partial charge on any atom is 0.417 e. The molecule has 1 aromatic rings. The van der Waals surface area contributed by atoms with E-state index in [2.05, 4.69) is 20.6 Å². The van der Waals surface area contributed by atoms with Crippen LogP contribution >= 0.6 is 11.8 Å². The molecule has 2 N–H and O–H groups in total. The van der Waals surface area contributed by atoms with Crippen molar-refractivity contribution < 1.29 is 23.1 Å². The van der Waals surface area contributed by atoms with E-state index in [9.17, 15) is 23.1 Å². The quantitative estimate of drug-likeness (QED) is 0.822. The van der Waals surface area contributed by atoms with Crippen LogP contribution in [0.5, 0.6) is 0 Å². The number of nitrogens with zero attached hydrogens (tertiary/aromatic N) is 4. The molecule has 2 aliphatic rings. The topological polar surface area (TPSA) is 95.0 Å². The molecule has 0 spiro atoms. The zero-order chi connectivity index (χ0) is 15.3. The van der Waals surface area contributed by atoms with Crippen LogP contribution in [-0.4, -0.2) is 59.9 Å². The Kier molecular flexibility index (Phi) is 3.35. The first-order valence-electron chi connectivity index (χ1n) is 6.22. The molecular formula is C10H12F3N5O2S. The number of thioether (sulfide) groups is 1. The summed E-state index contributed by atoms with van der Waals surface area (Å²) < 4.78 is 37.8. The predicted molar refractivity (Wildman–Crippen MR) is 64.8 cm³/mol. The normalized spacial score (nSPS) is 33.0. The minimum absolute atomic E-state index is 0.346. The number of halogens is 3. The third-order valence-electron chi connectivity index (χ3n) is 3.87. The van der Waals surface area contributed by atoms with E-state index in [4.69, 9.17) is 0 Å². The Morgan fingerprint density at radius 2 is 2.19 bits per heavy atom. The molecule has 1 aromatic heterocycles. The maximum atomic E-state index is 12.6. The van der Waals surface area contributed by atoms with Crippen LogP contribution in [0.2, 0.25) is 0 Å². The number of carbonyl (C=O) groups is 1. The lowest BCUT2D eigenvalue weighted by atomic mass is 9.69. The molecule has 21 heavy (non-hydrogen) atoms. The summed E-state index contributed by atoms with van der Waals surface area (Å²) in [6.07, 6.45) is -5.87. The minimum atomic E-state index is -4.70. The van der Waals surface area contributed by atoms with Gasteiger partial charge in [-0.15, -0.1) is 22.0 Å². The van der Waals surface area contributed by atoms with Crippen molar-refractivity contribution in [1.82, 2.24) is 25.5 Å². The van der Waals surface area contributed by atoms with Gasteiger partial charge in [0.15, 0.2) is 11.4 Å². The summed E-state index contributed by atoms with van der Waals surface area (Å²) in [5, 5.41) is 22.8. The zero-order valence-electron chi connectivity index (χ0n) is 10.7. The number of aromatic amines is 1. The molecule has 1 aliphatic heterocycles. The maximum absolute atomic E-state index is 12.6. The molecule has 3 rings (SSSR count). The molecule has 0 bridgehead atoms. The van der Waals surface area contributed by atoms with Crippen LogP contribution in [0.4, 0.5) is 13.2 Å². The molecule has 2 heterocycles. The fourth-order valence-corrected chi connectivity index (χ4v) is 3.74. The van der Waals surface area contributed by atoms with E-state index < -0.39 is 36.4 Å². The summed E-state index contributed by atoms with van der Waals surface area (Å²) in [4.78, 5) is 13.8. The van der Waals surface area contributed by atoms with Crippen LogP contribution in [0, 0.1) is 5.92 Å². The molecule has 1 aliphatic carbocycles. The van der Waals surface area contributed by atoms with Crippen molar-refractivity contribution in [3.63, 3.8) is 0 Å². The van der Waals surface area contributed by atoms with Gasteiger partial charge in [0.1, 0.15) is 6.04 Å². The number of amides is 1. The van der Waals surface area contributed by atoms with Gasteiger partial charge in [0, 0.05) is 11.7 Å². The molecule has 7 nitrogen and oxygen atoms in total. The molecule has 1 unspecified atom stereocenters. The van der Waals surface area contributed by atoms with Crippen molar-refractivity contribution in [3.05, 3.63) is 5.82 Å². The summed E-state index contributed by atoms with van der Waals surface area (Å²) in [5.41, 5.74) is -2.73. The van der Waals surface area contributed by atoms with E-state index in [1.165, 1.54) is 16.7 Å². The number of alkyl halides is 3. The summed E-state index contributed by atoms with van der Waals surface area (Å²) in [6.45, 7) is 0. The average molecular weight is 323 g/mol. The first-order valence-corrected chi connectivity index (χ1v) is 7.38. The number of hydrogen-bond donors (Lipinski definition) is 2. The van der Waals surface area contributed by atoms with Crippen LogP contribution in [0.3, 0.4) is 0 Å². The summed E-state index contributed by atoms with van der Waals surface area (Å²) >= 11 is 1.47. The highest BCUT2D eigenvalue weighted by Crippen LogP contribution is 2.50. The fraction of sp³-hybridized carbons (Fsp3) is 0.800. The third kappa shape index (κ3) is 2.37.